The van der Waals surface area contributed by atoms with E-state index >= 15 is 0 Å². The van der Waals surface area contributed by atoms with Gasteiger partial charge in [-0.1, -0.05) is 0 Å². The van der Waals surface area contributed by atoms with Crippen LogP contribution in [0.5, 0.6) is 0 Å². The summed E-state index contributed by atoms with van der Waals surface area (Å²) in [6.45, 7) is 7.98. The van der Waals surface area contributed by atoms with Crippen molar-refractivity contribution in [1.29, 1.82) is 0 Å². The Morgan fingerprint density at radius 3 is 2.66 bits per heavy atom. The Hall–Kier alpha value is -2.22. The largest absolute Gasteiger partial charge is 0.422 e. The Morgan fingerprint density at radius 1 is 1.17 bits per heavy atom. The van der Waals surface area contributed by atoms with E-state index in [1.54, 1.807) is 6.92 Å². The van der Waals surface area contributed by atoms with E-state index in [4.69, 9.17) is 14.1 Å². The minimum absolute atomic E-state index is 0.0227. The van der Waals surface area contributed by atoms with Gasteiger partial charge in [0.1, 0.15) is 5.82 Å². The molecule has 0 unspecified atom stereocenters. The fourth-order valence-corrected chi connectivity index (χ4v) is 4.96. The fraction of sp³-hybridized carbons (Fsp3) is 0.714. The van der Waals surface area contributed by atoms with Gasteiger partial charge in [-0.3, -0.25) is 4.79 Å². The van der Waals surface area contributed by atoms with E-state index in [0.717, 1.165) is 49.8 Å². The molecule has 0 bridgehead atoms. The quantitative estimate of drug-likeness (QED) is 0.825. The van der Waals surface area contributed by atoms with Crippen molar-refractivity contribution in [3.63, 3.8) is 0 Å². The van der Waals surface area contributed by atoms with Gasteiger partial charge in [-0.2, -0.15) is 4.98 Å². The number of nitrogens with zero attached hydrogens (tertiary/aromatic N) is 4. The number of rotatable bonds is 5. The van der Waals surface area contributed by atoms with Crippen LogP contribution in [0.3, 0.4) is 0 Å². The molecule has 3 fully saturated rings. The van der Waals surface area contributed by atoms with E-state index in [0.29, 0.717) is 29.3 Å². The maximum absolute atomic E-state index is 11.8. The van der Waals surface area contributed by atoms with Crippen molar-refractivity contribution in [2.24, 2.45) is 17.8 Å². The van der Waals surface area contributed by atoms with Crippen LogP contribution < -0.4 is 10.2 Å². The van der Waals surface area contributed by atoms with Crippen LogP contribution in [0.4, 0.5) is 5.82 Å². The lowest BCUT2D eigenvalue weighted by molar-refractivity contribution is -0.122. The second kappa shape index (κ2) is 7.23. The van der Waals surface area contributed by atoms with Gasteiger partial charge in [-0.05, 0) is 50.4 Å². The first-order valence-electron chi connectivity index (χ1n) is 10.7. The minimum atomic E-state index is 0.0227. The monoisotopic (exact) mass is 399 g/mol. The van der Waals surface area contributed by atoms with Gasteiger partial charge in [-0.15, -0.1) is 0 Å². The van der Waals surface area contributed by atoms with E-state index in [1.807, 2.05) is 13.8 Å². The molecule has 3 heterocycles. The number of aryl methyl sites for hydroxylation is 2. The first-order valence-corrected chi connectivity index (χ1v) is 10.7. The Balaban J connectivity index is 1.36. The highest BCUT2D eigenvalue weighted by Crippen LogP contribution is 2.41. The summed E-state index contributed by atoms with van der Waals surface area (Å²) in [7, 11) is 0. The predicted octanol–water partition coefficient (Wildman–Crippen LogP) is 2.38. The zero-order valence-electron chi connectivity index (χ0n) is 17.4. The van der Waals surface area contributed by atoms with Crippen LogP contribution in [-0.4, -0.2) is 52.7 Å². The molecule has 0 aromatic carbocycles. The van der Waals surface area contributed by atoms with Crippen LogP contribution in [0.15, 0.2) is 4.42 Å². The number of hydrogen-bond acceptors (Lipinski definition) is 7. The van der Waals surface area contributed by atoms with Crippen molar-refractivity contribution in [2.75, 3.05) is 24.6 Å². The minimum Gasteiger partial charge on any atom is -0.422 e. The molecule has 8 heteroatoms. The second-order valence-corrected chi connectivity index (χ2v) is 9.00. The maximum atomic E-state index is 11.8. The third-order valence-corrected chi connectivity index (χ3v) is 6.51. The molecule has 2 aliphatic carbocycles. The van der Waals surface area contributed by atoms with Crippen molar-refractivity contribution < 1.29 is 13.9 Å². The van der Waals surface area contributed by atoms with Crippen molar-refractivity contribution in [3.8, 4) is 0 Å². The van der Waals surface area contributed by atoms with Gasteiger partial charge in [0.15, 0.2) is 17.2 Å². The molecule has 1 aliphatic heterocycles. The summed E-state index contributed by atoms with van der Waals surface area (Å²) in [6, 6.07) is 0.0916. The van der Waals surface area contributed by atoms with E-state index in [9.17, 15) is 4.79 Å². The Labute approximate surface area is 170 Å². The van der Waals surface area contributed by atoms with Gasteiger partial charge < -0.3 is 19.4 Å². The Kier molecular flexibility index (Phi) is 4.69. The van der Waals surface area contributed by atoms with E-state index in [-0.39, 0.29) is 18.1 Å². The SMILES string of the molecule is CC(=O)N[C@@H]1C[C@@H]2CN(c3nc(C)nc4oc(C)nc34)C[C@@H]2C[C@H]1OCC1CC1. The van der Waals surface area contributed by atoms with Crippen molar-refractivity contribution in [3.05, 3.63) is 11.7 Å². The van der Waals surface area contributed by atoms with Crippen LogP contribution in [0.2, 0.25) is 0 Å². The van der Waals surface area contributed by atoms with Gasteiger partial charge in [0, 0.05) is 33.5 Å². The summed E-state index contributed by atoms with van der Waals surface area (Å²) in [5.74, 6) is 3.95. The molecule has 29 heavy (non-hydrogen) atoms. The molecule has 1 saturated heterocycles. The average molecular weight is 399 g/mol. The van der Waals surface area contributed by atoms with E-state index in [1.165, 1.54) is 12.8 Å². The number of carbonyl (C=O) groups is 1. The highest BCUT2D eigenvalue weighted by molar-refractivity contribution is 5.82. The molecule has 2 saturated carbocycles. The molecule has 2 aromatic rings. The summed E-state index contributed by atoms with van der Waals surface area (Å²) >= 11 is 0. The van der Waals surface area contributed by atoms with Crippen LogP contribution in [-0.2, 0) is 9.53 Å². The molecule has 1 N–H and O–H groups in total. The molecule has 8 nitrogen and oxygen atoms in total. The zero-order valence-corrected chi connectivity index (χ0v) is 17.4. The number of ether oxygens (including phenoxy) is 1. The maximum Gasteiger partial charge on any atom is 0.252 e. The molecular formula is C21H29N5O3. The fourth-order valence-electron chi connectivity index (χ4n) is 4.96. The number of nitrogens with one attached hydrogen (secondary N) is 1. The molecular weight excluding hydrogens is 370 g/mol. The van der Waals surface area contributed by atoms with E-state index < -0.39 is 0 Å². The number of carbonyl (C=O) groups excluding carboxylic acids is 1. The molecule has 0 spiro atoms. The highest BCUT2D eigenvalue weighted by atomic mass is 16.5. The topological polar surface area (TPSA) is 93.4 Å². The van der Waals surface area contributed by atoms with Gasteiger partial charge in [0.2, 0.25) is 5.91 Å². The van der Waals surface area contributed by atoms with Crippen molar-refractivity contribution in [1.82, 2.24) is 20.3 Å². The summed E-state index contributed by atoms with van der Waals surface area (Å²) in [6.07, 6.45) is 4.57. The number of hydrogen-bond donors (Lipinski definition) is 1. The van der Waals surface area contributed by atoms with Crippen LogP contribution in [0, 0.1) is 31.6 Å². The average Bonchev–Trinajstić information content (AvgIpc) is 3.27. The first-order chi connectivity index (χ1) is 14.0. The van der Waals surface area contributed by atoms with Gasteiger partial charge in [0.25, 0.3) is 5.71 Å². The summed E-state index contributed by atoms with van der Waals surface area (Å²) < 4.78 is 11.9. The number of aromatic nitrogens is 3. The van der Waals surface area contributed by atoms with Gasteiger partial charge in [0.05, 0.1) is 12.1 Å². The second-order valence-electron chi connectivity index (χ2n) is 9.00. The third-order valence-electron chi connectivity index (χ3n) is 6.51. The lowest BCUT2D eigenvalue weighted by Gasteiger charge is -2.38. The molecule has 1 amide bonds. The van der Waals surface area contributed by atoms with Crippen LogP contribution in [0.25, 0.3) is 11.2 Å². The third kappa shape index (κ3) is 3.82. The number of anilines is 1. The summed E-state index contributed by atoms with van der Waals surface area (Å²) in [5, 5.41) is 3.15. The predicted molar refractivity (Wildman–Crippen MR) is 108 cm³/mol. The van der Waals surface area contributed by atoms with Crippen LogP contribution in [0.1, 0.15) is 44.3 Å². The van der Waals surface area contributed by atoms with Gasteiger partial charge in [-0.25, -0.2) is 9.97 Å². The molecule has 156 valence electrons. The molecule has 0 radical (unpaired) electrons. The van der Waals surface area contributed by atoms with Crippen molar-refractivity contribution >= 4 is 23.0 Å². The highest BCUT2D eigenvalue weighted by Gasteiger charge is 2.44. The van der Waals surface area contributed by atoms with E-state index in [2.05, 4.69) is 20.2 Å². The molecule has 4 atom stereocenters. The standard InChI is InChI=1S/C21H29N5O3/c1-11-22-20(19-21(23-11)29-13(3)25-19)26-8-15-6-17(24-12(2)27)18(7-16(15)9-26)28-10-14-4-5-14/h14-18H,4-10H2,1-3H3,(H,24,27)/t15-,16+,17-,18-/m1/s1. The van der Waals surface area contributed by atoms with Gasteiger partial charge >= 0.3 is 0 Å². The molecule has 3 aliphatic rings. The molecule has 2 aromatic heterocycles. The lowest BCUT2D eigenvalue weighted by atomic mass is 9.77. The normalized spacial score (nSPS) is 29.3. The summed E-state index contributed by atoms with van der Waals surface area (Å²) in [4.78, 5) is 27.7. The Bertz CT molecular complexity index is 924. The lowest BCUT2D eigenvalue weighted by Crippen LogP contribution is -2.50. The number of amides is 1. The van der Waals surface area contributed by atoms with Crippen molar-refractivity contribution in [2.45, 2.75) is 58.6 Å². The number of oxazole rings is 1. The number of fused-ring (bicyclic) bond motifs is 2. The van der Waals surface area contributed by atoms with Crippen LogP contribution >= 0.6 is 0 Å². The first kappa shape index (κ1) is 18.8. The zero-order chi connectivity index (χ0) is 20.1. The summed E-state index contributed by atoms with van der Waals surface area (Å²) in [5.41, 5.74) is 1.30. The Morgan fingerprint density at radius 2 is 1.93 bits per heavy atom. The smallest absolute Gasteiger partial charge is 0.252 e. The molecule has 5 rings (SSSR count).